The van der Waals surface area contributed by atoms with Gasteiger partial charge in [0.2, 0.25) is 0 Å². The minimum Gasteiger partial charge on any atom is -0.508 e. The first-order valence-corrected chi connectivity index (χ1v) is 4.58. The van der Waals surface area contributed by atoms with Crippen molar-refractivity contribution in [2.24, 2.45) is 5.73 Å². The molecule has 4 N–H and O–H groups in total. The van der Waals surface area contributed by atoms with E-state index in [1.807, 2.05) is 12.1 Å². The molecule has 1 aliphatic heterocycles. The van der Waals surface area contributed by atoms with Gasteiger partial charge in [0.25, 0.3) is 0 Å². The van der Waals surface area contributed by atoms with Crippen molar-refractivity contribution in [3.05, 3.63) is 23.8 Å². The number of nitrogens with two attached hydrogens (primary N) is 1. The molecule has 0 fully saturated rings. The van der Waals surface area contributed by atoms with Crippen LogP contribution in [0.1, 0.15) is 12.0 Å². The first kappa shape index (κ1) is 8.38. The van der Waals surface area contributed by atoms with Gasteiger partial charge in [-0.3, -0.25) is 0 Å². The van der Waals surface area contributed by atoms with Crippen molar-refractivity contribution in [2.45, 2.75) is 18.9 Å². The third kappa shape index (κ3) is 1.60. The van der Waals surface area contributed by atoms with E-state index < -0.39 is 0 Å². The van der Waals surface area contributed by atoms with Crippen LogP contribution in [0.4, 0.5) is 5.69 Å². The normalized spacial score (nSPS) is 20.5. The Morgan fingerprint density at radius 3 is 3.15 bits per heavy atom. The van der Waals surface area contributed by atoms with Gasteiger partial charge in [-0.05, 0) is 36.6 Å². The molecule has 1 heterocycles. The summed E-state index contributed by atoms with van der Waals surface area (Å²) in [4.78, 5) is 0. The number of fused-ring (bicyclic) bond motifs is 1. The molecule has 0 aromatic heterocycles. The maximum Gasteiger partial charge on any atom is 0.116 e. The van der Waals surface area contributed by atoms with E-state index in [9.17, 15) is 5.11 Å². The second-order valence-electron chi connectivity index (χ2n) is 3.46. The highest BCUT2D eigenvalue weighted by molar-refractivity contribution is 5.56. The van der Waals surface area contributed by atoms with Gasteiger partial charge in [-0.1, -0.05) is 0 Å². The number of aromatic hydroxyl groups is 1. The Balaban J connectivity index is 2.26. The second kappa shape index (κ2) is 3.26. The number of hydrogen-bond acceptors (Lipinski definition) is 3. The lowest BCUT2D eigenvalue weighted by atomic mass is 9.98. The van der Waals surface area contributed by atoms with E-state index in [0.29, 0.717) is 18.3 Å². The van der Waals surface area contributed by atoms with Gasteiger partial charge in [0.15, 0.2) is 0 Å². The molecule has 13 heavy (non-hydrogen) atoms. The molecule has 3 nitrogen and oxygen atoms in total. The molecule has 3 heteroatoms. The van der Waals surface area contributed by atoms with Crippen LogP contribution in [0, 0.1) is 0 Å². The standard InChI is InChI=1S/C10H14N2O/c11-6-8-2-1-7-5-9(13)3-4-10(7)12-8/h3-5,8,12-13H,1-2,6,11H2. The molecule has 0 amide bonds. The highest BCUT2D eigenvalue weighted by Crippen LogP contribution is 2.27. The van der Waals surface area contributed by atoms with Crippen molar-refractivity contribution in [3.63, 3.8) is 0 Å². The Bertz CT molecular complexity index is 312. The quantitative estimate of drug-likeness (QED) is 0.564. The average molecular weight is 178 g/mol. The van der Waals surface area contributed by atoms with E-state index in [1.54, 1.807) is 6.07 Å². The molecule has 0 bridgehead atoms. The molecule has 1 atom stereocenters. The van der Waals surface area contributed by atoms with Crippen LogP contribution in [0.5, 0.6) is 5.75 Å². The zero-order chi connectivity index (χ0) is 9.26. The van der Waals surface area contributed by atoms with Crippen LogP contribution in [0.3, 0.4) is 0 Å². The topological polar surface area (TPSA) is 58.3 Å². The van der Waals surface area contributed by atoms with Crippen LogP contribution in [0.2, 0.25) is 0 Å². The zero-order valence-corrected chi connectivity index (χ0v) is 7.46. The maximum atomic E-state index is 9.26. The van der Waals surface area contributed by atoms with Crippen molar-refractivity contribution in [1.82, 2.24) is 0 Å². The molecule has 1 aromatic rings. The Labute approximate surface area is 77.6 Å². The summed E-state index contributed by atoms with van der Waals surface area (Å²) in [6, 6.07) is 5.81. The summed E-state index contributed by atoms with van der Waals surface area (Å²) in [7, 11) is 0. The number of rotatable bonds is 1. The summed E-state index contributed by atoms with van der Waals surface area (Å²) < 4.78 is 0. The number of phenolic OH excluding ortho intramolecular Hbond substituents is 1. The Morgan fingerprint density at radius 2 is 2.38 bits per heavy atom. The maximum absolute atomic E-state index is 9.26. The van der Waals surface area contributed by atoms with Gasteiger partial charge in [0.05, 0.1) is 0 Å². The van der Waals surface area contributed by atoms with Crippen LogP contribution < -0.4 is 11.1 Å². The smallest absolute Gasteiger partial charge is 0.116 e. The highest BCUT2D eigenvalue weighted by atomic mass is 16.3. The molecule has 0 saturated carbocycles. The summed E-state index contributed by atoms with van der Waals surface area (Å²) in [6.07, 6.45) is 2.05. The molecule has 1 aromatic carbocycles. The molecule has 1 unspecified atom stereocenters. The molecule has 1 aliphatic rings. The first-order valence-electron chi connectivity index (χ1n) is 4.58. The summed E-state index contributed by atoms with van der Waals surface area (Å²) in [6.45, 7) is 0.667. The van der Waals surface area contributed by atoms with Gasteiger partial charge in [-0.15, -0.1) is 0 Å². The molecule has 0 radical (unpaired) electrons. The van der Waals surface area contributed by atoms with Gasteiger partial charge in [0, 0.05) is 18.3 Å². The minimum absolute atomic E-state index is 0.340. The van der Waals surface area contributed by atoms with Crippen LogP contribution >= 0.6 is 0 Å². The summed E-state index contributed by atoms with van der Waals surface area (Å²) >= 11 is 0. The summed E-state index contributed by atoms with van der Waals surface area (Å²) in [5.41, 5.74) is 7.87. The van der Waals surface area contributed by atoms with E-state index in [2.05, 4.69) is 5.32 Å². The van der Waals surface area contributed by atoms with E-state index in [4.69, 9.17) is 5.73 Å². The van der Waals surface area contributed by atoms with E-state index in [-0.39, 0.29) is 0 Å². The van der Waals surface area contributed by atoms with Crippen molar-refractivity contribution in [2.75, 3.05) is 11.9 Å². The molecule has 0 saturated heterocycles. The number of phenols is 1. The fourth-order valence-corrected chi connectivity index (χ4v) is 1.73. The first-order chi connectivity index (χ1) is 6.29. The zero-order valence-electron chi connectivity index (χ0n) is 7.46. The van der Waals surface area contributed by atoms with Crippen LogP contribution in [0.25, 0.3) is 0 Å². The van der Waals surface area contributed by atoms with Crippen molar-refractivity contribution < 1.29 is 5.11 Å². The molecule has 70 valence electrons. The Morgan fingerprint density at radius 1 is 1.54 bits per heavy atom. The number of aryl methyl sites for hydroxylation is 1. The fourth-order valence-electron chi connectivity index (χ4n) is 1.73. The van der Waals surface area contributed by atoms with Crippen LogP contribution in [0.15, 0.2) is 18.2 Å². The minimum atomic E-state index is 0.340. The van der Waals surface area contributed by atoms with Crippen molar-refractivity contribution >= 4 is 5.69 Å². The number of hydrogen-bond donors (Lipinski definition) is 3. The number of nitrogens with one attached hydrogen (secondary N) is 1. The second-order valence-corrected chi connectivity index (χ2v) is 3.46. The lowest BCUT2D eigenvalue weighted by molar-refractivity contribution is 0.474. The third-order valence-corrected chi connectivity index (χ3v) is 2.50. The van der Waals surface area contributed by atoms with Crippen LogP contribution in [-0.4, -0.2) is 17.7 Å². The fraction of sp³-hybridized carbons (Fsp3) is 0.400. The predicted octanol–water partition coefficient (Wildman–Crippen LogP) is 1.08. The monoisotopic (exact) mass is 178 g/mol. The number of benzene rings is 1. The molecule has 2 rings (SSSR count). The summed E-state index contributed by atoms with van der Waals surface area (Å²) in [5.74, 6) is 0.340. The largest absolute Gasteiger partial charge is 0.508 e. The van der Waals surface area contributed by atoms with Crippen LogP contribution in [-0.2, 0) is 6.42 Å². The Kier molecular flexibility index (Phi) is 2.10. The lowest BCUT2D eigenvalue weighted by Gasteiger charge is -2.25. The SMILES string of the molecule is NCC1CCc2cc(O)ccc2N1. The van der Waals surface area contributed by atoms with E-state index >= 15 is 0 Å². The van der Waals surface area contributed by atoms with E-state index in [1.165, 1.54) is 5.56 Å². The average Bonchev–Trinajstić information content (AvgIpc) is 2.17. The molecular formula is C10H14N2O. The van der Waals surface area contributed by atoms with Crippen molar-refractivity contribution in [1.29, 1.82) is 0 Å². The van der Waals surface area contributed by atoms with E-state index in [0.717, 1.165) is 18.5 Å². The molecular weight excluding hydrogens is 164 g/mol. The highest BCUT2D eigenvalue weighted by Gasteiger charge is 2.15. The predicted molar refractivity (Wildman–Crippen MR) is 52.9 cm³/mol. The number of anilines is 1. The molecule has 0 spiro atoms. The van der Waals surface area contributed by atoms with Gasteiger partial charge in [-0.25, -0.2) is 0 Å². The van der Waals surface area contributed by atoms with Crippen molar-refractivity contribution in [3.8, 4) is 5.75 Å². The van der Waals surface area contributed by atoms with Gasteiger partial charge < -0.3 is 16.2 Å². The molecule has 0 aliphatic carbocycles. The Hall–Kier alpha value is -1.22. The van der Waals surface area contributed by atoms with Gasteiger partial charge in [-0.2, -0.15) is 0 Å². The third-order valence-electron chi connectivity index (χ3n) is 2.50. The summed E-state index contributed by atoms with van der Waals surface area (Å²) in [5, 5.41) is 12.6. The van der Waals surface area contributed by atoms with Gasteiger partial charge in [0.1, 0.15) is 5.75 Å². The lowest BCUT2D eigenvalue weighted by Crippen LogP contribution is -2.32. The van der Waals surface area contributed by atoms with Gasteiger partial charge >= 0.3 is 0 Å².